The van der Waals surface area contributed by atoms with Gasteiger partial charge in [0.05, 0.1) is 0 Å². The molecule has 0 spiro atoms. The number of carbonyl (C=O) groups excluding carboxylic acids is 2. The maximum Gasteiger partial charge on any atom is 0.249 e. The minimum Gasteiger partial charge on any atom is -0.329 e. The van der Waals surface area contributed by atoms with E-state index in [2.05, 4.69) is 26.0 Å². The lowest BCUT2D eigenvalue weighted by molar-refractivity contribution is -0.146. The molecule has 0 unspecified atom stereocenters. The van der Waals surface area contributed by atoms with Crippen molar-refractivity contribution in [3.8, 4) is 0 Å². The number of hydrogen-bond donors (Lipinski definition) is 0. The number of piperazine rings is 1. The average Bonchev–Trinajstić information content (AvgIpc) is 2.48. The molecule has 124 valence electrons. The number of benzene rings is 1. The highest BCUT2D eigenvalue weighted by molar-refractivity contribution is 6.00. The maximum absolute atomic E-state index is 12.7. The summed E-state index contributed by atoms with van der Waals surface area (Å²) in [4.78, 5) is 28.8. The lowest BCUT2D eigenvalue weighted by Crippen LogP contribution is -2.59. The van der Waals surface area contributed by atoms with Crippen molar-refractivity contribution in [3.63, 3.8) is 0 Å². The fraction of sp³-hybridized carbons (Fsp3) is 0.579. The zero-order valence-corrected chi connectivity index (χ0v) is 14.3. The Morgan fingerprint density at radius 3 is 2.30 bits per heavy atom. The fourth-order valence-corrected chi connectivity index (χ4v) is 3.36. The van der Waals surface area contributed by atoms with Gasteiger partial charge in [-0.3, -0.25) is 9.59 Å². The van der Waals surface area contributed by atoms with Gasteiger partial charge in [0.1, 0.15) is 6.04 Å². The van der Waals surface area contributed by atoms with Crippen LogP contribution in [0, 0.1) is 5.92 Å². The molecule has 2 fully saturated rings. The van der Waals surface area contributed by atoms with Crippen LogP contribution in [0.15, 0.2) is 24.3 Å². The average molecular weight is 314 g/mol. The lowest BCUT2D eigenvalue weighted by atomic mass is 9.84. The van der Waals surface area contributed by atoms with Gasteiger partial charge in [-0.25, -0.2) is 0 Å². The molecule has 1 heterocycles. The Bertz CT molecular complexity index is 590. The van der Waals surface area contributed by atoms with Crippen molar-refractivity contribution in [2.24, 2.45) is 5.92 Å². The van der Waals surface area contributed by atoms with Crippen LogP contribution < -0.4 is 4.90 Å². The Morgan fingerprint density at radius 1 is 1.13 bits per heavy atom. The number of hydrogen-bond acceptors (Lipinski definition) is 2. The first-order valence-electron chi connectivity index (χ1n) is 8.71. The summed E-state index contributed by atoms with van der Waals surface area (Å²) in [6.07, 6.45) is 3.11. The molecule has 3 rings (SSSR count). The molecule has 0 aromatic heterocycles. The van der Waals surface area contributed by atoms with Crippen LogP contribution in [0.4, 0.5) is 5.69 Å². The number of amides is 2. The van der Waals surface area contributed by atoms with Gasteiger partial charge in [-0.05, 0) is 43.4 Å². The molecule has 1 atom stereocenters. The largest absolute Gasteiger partial charge is 0.329 e. The highest BCUT2D eigenvalue weighted by Gasteiger charge is 2.38. The predicted octanol–water partition coefficient (Wildman–Crippen LogP) is 3.17. The van der Waals surface area contributed by atoms with Crippen molar-refractivity contribution in [3.05, 3.63) is 29.8 Å². The highest BCUT2D eigenvalue weighted by Crippen LogP contribution is 2.30. The zero-order valence-electron chi connectivity index (χ0n) is 14.3. The molecule has 0 bridgehead atoms. The van der Waals surface area contributed by atoms with E-state index in [0.717, 1.165) is 24.9 Å². The van der Waals surface area contributed by atoms with E-state index in [1.54, 1.807) is 4.90 Å². The SMILES string of the molecule is CC(C)c1ccc(N2CCN(C(=O)C3CCC3)[C@@H](C)C2=O)cc1. The van der Waals surface area contributed by atoms with Gasteiger partial charge in [0, 0.05) is 24.7 Å². The molecule has 1 aliphatic carbocycles. The predicted molar refractivity (Wildman–Crippen MR) is 91.4 cm³/mol. The van der Waals surface area contributed by atoms with Crippen molar-refractivity contribution in [1.29, 1.82) is 0 Å². The molecule has 0 radical (unpaired) electrons. The van der Waals surface area contributed by atoms with Crippen LogP contribution in [0.1, 0.15) is 51.5 Å². The number of rotatable bonds is 3. The van der Waals surface area contributed by atoms with Crippen LogP contribution in [0.3, 0.4) is 0 Å². The molecule has 2 aliphatic rings. The number of carbonyl (C=O) groups is 2. The van der Waals surface area contributed by atoms with Gasteiger partial charge in [0.25, 0.3) is 0 Å². The van der Waals surface area contributed by atoms with Gasteiger partial charge < -0.3 is 9.80 Å². The summed E-state index contributed by atoms with van der Waals surface area (Å²) in [5, 5.41) is 0. The standard InChI is InChI=1S/C19H26N2O2/c1-13(2)15-7-9-17(10-8-15)21-12-11-20(14(3)18(21)22)19(23)16-5-4-6-16/h7-10,13-14,16H,4-6,11-12H2,1-3H3/t14-/m0/s1. The van der Waals surface area contributed by atoms with Crippen molar-refractivity contribution < 1.29 is 9.59 Å². The molecular weight excluding hydrogens is 288 g/mol. The quantitative estimate of drug-likeness (QED) is 0.860. The first-order valence-corrected chi connectivity index (χ1v) is 8.71. The number of anilines is 1. The highest BCUT2D eigenvalue weighted by atomic mass is 16.2. The van der Waals surface area contributed by atoms with Gasteiger partial charge >= 0.3 is 0 Å². The third-order valence-corrected chi connectivity index (χ3v) is 5.26. The van der Waals surface area contributed by atoms with Gasteiger partial charge in [-0.2, -0.15) is 0 Å². The molecule has 23 heavy (non-hydrogen) atoms. The summed E-state index contributed by atoms with van der Waals surface area (Å²) in [6, 6.07) is 7.85. The zero-order chi connectivity index (χ0) is 16.6. The van der Waals surface area contributed by atoms with E-state index in [1.807, 2.05) is 24.0 Å². The Kier molecular flexibility index (Phi) is 4.42. The van der Waals surface area contributed by atoms with Crippen LogP contribution in [0.5, 0.6) is 0 Å². The van der Waals surface area contributed by atoms with E-state index in [-0.39, 0.29) is 23.8 Å². The van der Waals surface area contributed by atoms with Gasteiger partial charge in [-0.15, -0.1) is 0 Å². The van der Waals surface area contributed by atoms with E-state index in [4.69, 9.17) is 0 Å². The third kappa shape index (κ3) is 2.99. The third-order valence-electron chi connectivity index (χ3n) is 5.26. The van der Waals surface area contributed by atoms with E-state index in [1.165, 1.54) is 5.56 Å². The smallest absolute Gasteiger partial charge is 0.249 e. The lowest BCUT2D eigenvalue weighted by Gasteiger charge is -2.41. The molecule has 1 aromatic carbocycles. The fourth-order valence-electron chi connectivity index (χ4n) is 3.36. The molecule has 4 nitrogen and oxygen atoms in total. The first kappa shape index (κ1) is 16.0. The van der Waals surface area contributed by atoms with Crippen molar-refractivity contribution in [2.45, 2.75) is 52.0 Å². The van der Waals surface area contributed by atoms with E-state index in [0.29, 0.717) is 19.0 Å². The molecular formula is C19H26N2O2. The normalized spacial score (nSPS) is 22.4. The summed E-state index contributed by atoms with van der Waals surface area (Å²) in [5.74, 6) is 0.839. The van der Waals surface area contributed by atoms with Gasteiger partial charge in [0.15, 0.2) is 0 Å². The Morgan fingerprint density at radius 2 is 1.78 bits per heavy atom. The molecule has 1 aromatic rings. The maximum atomic E-state index is 12.7. The van der Waals surface area contributed by atoms with Gasteiger partial charge in [-0.1, -0.05) is 32.4 Å². The van der Waals surface area contributed by atoms with E-state index in [9.17, 15) is 9.59 Å². The summed E-state index contributed by atoms with van der Waals surface area (Å²) in [6.45, 7) is 7.39. The molecule has 1 saturated carbocycles. The minimum absolute atomic E-state index is 0.0289. The summed E-state index contributed by atoms with van der Waals surface area (Å²) in [7, 11) is 0. The molecule has 2 amide bonds. The minimum atomic E-state index is -0.360. The Balaban J connectivity index is 1.71. The van der Waals surface area contributed by atoms with Crippen LogP contribution in [-0.4, -0.2) is 35.8 Å². The van der Waals surface area contributed by atoms with Crippen molar-refractivity contribution in [1.82, 2.24) is 4.90 Å². The molecule has 1 aliphatic heterocycles. The second kappa shape index (κ2) is 6.34. The van der Waals surface area contributed by atoms with Crippen molar-refractivity contribution >= 4 is 17.5 Å². The van der Waals surface area contributed by atoms with Crippen LogP contribution in [0.2, 0.25) is 0 Å². The topological polar surface area (TPSA) is 40.6 Å². The van der Waals surface area contributed by atoms with E-state index < -0.39 is 0 Å². The molecule has 1 saturated heterocycles. The van der Waals surface area contributed by atoms with Crippen LogP contribution >= 0.6 is 0 Å². The summed E-state index contributed by atoms with van der Waals surface area (Å²) in [5.41, 5.74) is 2.20. The number of nitrogens with zero attached hydrogens (tertiary/aromatic N) is 2. The van der Waals surface area contributed by atoms with Crippen LogP contribution in [-0.2, 0) is 9.59 Å². The Hall–Kier alpha value is -1.84. The Labute approximate surface area is 138 Å². The monoisotopic (exact) mass is 314 g/mol. The second-order valence-corrected chi connectivity index (χ2v) is 7.07. The second-order valence-electron chi connectivity index (χ2n) is 7.07. The molecule has 0 N–H and O–H groups in total. The first-order chi connectivity index (χ1) is 11.0. The summed E-state index contributed by atoms with van der Waals surface area (Å²) >= 11 is 0. The van der Waals surface area contributed by atoms with Crippen molar-refractivity contribution in [2.75, 3.05) is 18.0 Å². The van der Waals surface area contributed by atoms with E-state index >= 15 is 0 Å². The van der Waals surface area contributed by atoms with Gasteiger partial charge in [0.2, 0.25) is 11.8 Å². The summed E-state index contributed by atoms with van der Waals surface area (Å²) < 4.78 is 0. The molecule has 4 heteroatoms. The van der Waals surface area contributed by atoms with Crippen LogP contribution in [0.25, 0.3) is 0 Å².